The number of benzene rings is 1. The minimum Gasteiger partial charge on any atom is -0.474 e. The number of carbonyl (C=O) groups is 1. The SMILES string of the molecule is Cc1c(-c2cc(N)c3cnc(NC(=O)O[C@H]4COC[C@H]4C)cc3c2)cnc2c1NCCO2. The number of rotatable bonds is 3. The lowest BCUT2D eigenvalue weighted by Gasteiger charge is -2.21. The zero-order valence-electron chi connectivity index (χ0n) is 18.0. The normalized spacial score (nSPS) is 19.7. The molecule has 4 heterocycles. The number of anilines is 3. The minimum absolute atomic E-state index is 0.168. The van der Waals surface area contributed by atoms with E-state index in [1.807, 2.05) is 26.0 Å². The van der Waals surface area contributed by atoms with Crippen LogP contribution in [0.3, 0.4) is 0 Å². The second kappa shape index (κ2) is 8.16. The Bertz CT molecular complexity index is 1200. The predicted octanol–water partition coefficient (Wildman–Crippen LogP) is 3.58. The van der Waals surface area contributed by atoms with Gasteiger partial charge in [0.1, 0.15) is 24.2 Å². The van der Waals surface area contributed by atoms with Gasteiger partial charge in [-0.2, -0.15) is 0 Å². The fourth-order valence-corrected chi connectivity index (χ4v) is 4.09. The molecule has 1 saturated heterocycles. The van der Waals surface area contributed by atoms with E-state index in [-0.39, 0.29) is 12.0 Å². The van der Waals surface area contributed by atoms with Crippen LogP contribution in [-0.4, -0.2) is 48.5 Å². The van der Waals surface area contributed by atoms with E-state index in [2.05, 4.69) is 20.6 Å². The Balaban J connectivity index is 1.44. The topological polar surface area (TPSA) is 121 Å². The molecule has 4 N–H and O–H groups in total. The monoisotopic (exact) mass is 435 g/mol. The zero-order chi connectivity index (χ0) is 22.2. The molecule has 32 heavy (non-hydrogen) atoms. The Morgan fingerprint density at radius 1 is 1.25 bits per heavy atom. The quantitative estimate of drug-likeness (QED) is 0.534. The van der Waals surface area contributed by atoms with Gasteiger partial charge in [0, 0.05) is 41.5 Å². The summed E-state index contributed by atoms with van der Waals surface area (Å²) < 4.78 is 16.4. The highest BCUT2D eigenvalue weighted by atomic mass is 16.6. The van der Waals surface area contributed by atoms with Gasteiger partial charge in [0.05, 0.1) is 13.2 Å². The Morgan fingerprint density at radius 2 is 2.12 bits per heavy atom. The molecule has 2 aliphatic heterocycles. The van der Waals surface area contributed by atoms with Crippen molar-refractivity contribution >= 4 is 34.1 Å². The molecule has 0 radical (unpaired) electrons. The lowest BCUT2D eigenvalue weighted by atomic mass is 9.98. The molecule has 9 nitrogen and oxygen atoms in total. The standard InChI is InChI=1S/C23H25N5O4/c1-12-10-30-11-19(12)32-23(29)28-20-7-15-5-14(6-18(24)17(15)9-26-20)16-8-27-22-21(13(16)2)25-3-4-31-22/h5-9,12,19,25H,3-4,10-11,24H2,1-2H3,(H,26,28,29)/t12-,19+/m1/s1. The number of aromatic nitrogens is 2. The van der Waals surface area contributed by atoms with Crippen LogP contribution in [0.25, 0.3) is 21.9 Å². The van der Waals surface area contributed by atoms with Gasteiger partial charge >= 0.3 is 6.09 Å². The van der Waals surface area contributed by atoms with E-state index >= 15 is 0 Å². The van der Waals surface area contributed by atoms with E-state index in [1.54, 1.807) is 18.5 Å². The van der Waals surface area contributed by atoms with Crippen LogP contribution < -0.4 is 21.1 Å². The first-order chi connectivity index (χ1) is 15.5. The highest BCUT2D eigenvalue weighted by molar-refractivity contribution is 5.99. The van der Waals surface area contributed by atoms with E-state index in [0.29, 0.717) is 37.2 Å². The molecule has 9 heteroatoms. The number of nitrogens with two attached hydrogens (primary N) is 1. The Labute approximate surface area is 185 Å². The summed E-state index contributed by atoms with van der Waals surface area (Å²) in [6.07, 6.45) is 2.64. The van der Waals surface area contributed by atoms with Gasteiger partial charge in [-0.15, -0.1) is 0 Å². The number of ether oxygens (including phenoxy) is 3. The molecule has 0 saturated carbocycles. The minimum atomic E-state index is -0.552. The number of nitrogen functional groups attached to an aromatic ring is 1. The molecule has 2 aromatic heterocycles. The zero-order valence-corrected chi connectivity index (χ0v) is 18.0. The van der Waals surface area contributed by atoms with Crippen LogP contribution in [0.15, 0.2) is 30.6 Å². The highest BCUT2D eigenvalue weighted by Crippen LogP contribution is 2.37. The highest BCUT2D eigenvalue weighted by Gasteiger charge is 2.28. The van der Waals surface area contributed by atoms with Gasteiger partial charge in [-0.1, -0.05) is 6.92 Å². The molecule has 1 aromatic carbocycles. The molecule has 1 fully saturated rings. The third-order valence-corrected chi connectivity index (χ3v) is 5.91. The average Bonchev–Trinajstić information content (AvgIpc) is 3.18. The van der Waals surface area contributed by atoms with Gasteiger partial charge in [0.25, 0.3) is 0 Å². The third-order valence-electron chi connectivity index (χ3n) is 5.91. The third kappa shape index (κ3) is 3.75. The van der Waals surface area contributed by atoms with Gasteiger partial charge in [-0.05, 0) is 41.6 Å². The Morgan fingerprint density at radius 3 is 2.94 bits per heavy atom. The van der Waals surface area contributed by atoms with E-state index in [0.717, 1.165) is 39.7 Å². The summed E-state index contributed by atoms with van der Waals surface area (Å²) in [6.45, 7) is 6.35. The Hall–Kier alpha value is -3.59. The number of fused-ring (bicyclic) bond motifs is 2. The van der Waals surface area contributed by atoms with Gasteiger partial charge in [-0.3, -0.25) is 5.32 Å². The number of nitrogens with one attached hydrogen (secondary N) is 2. The molecule has 0 spiro atoms. The molecule has 1 amide bonds. The van der Waals surface area contributed by atoms with Gasteiger partial charge in [0.2, 0.25) is 5.88 Å². The maximum Gasteiger partial charge on any atom is 0.413 e. The van der Waals surface area contributed by atoms with Crippen molar-refractivity contribution in [3.63, 3.8) is 0 Å². The summed E-state index contributed by atoms with van der Waals surface area (Å²) >= 11 is 0. The lowest BCUT2D eigenvalue weighted by molar-refractivity contribution is 0.0843. The van der Waals surface area contributed by atoms with Crippen molar-refractivity contribution in [2.45, 2.75) is 20.0 Å². The maximum atomic E-state index is 12.3. The van der Waals surface area contributed by atoms with Gasteiger partial charge < -0.3 is 25.3 Å². The van der Waals surface area contributed by atoms with Gasteiger partial charge in [-0.25, -0.2) is 14.8 Å². The second-order valence-electron chi connectivity index (χ2n) is 8.19. The molecule has 5 rings (SSSR count). The summed E-state index contributed by atoms with van der Waals surface area (Å²) in [7, 11) is 0. The molecule has 0 aliphatic carbocycles. The molecular weight excluding hydrogens is 410 g/mol. The Kier molecular flexibility index (Phi) is 5.18. The van der Waals surface area contributed by atoms with Crippen LogP contribution >= 0.6 is 0 Å². The van der Waals surface area contributed by atoms with Crippen LogP contribution in [0.2, 0.25) is 0 Å². The fraction of sp³-hybridized carbons (Fsp3) is 0.348. The number of carbonyl (C=O) groups excluding carboxylic acids is 1. The number of pyridine rings is 2. The van der Waals surface area contributed by atoms with Crippen molar-refractivity contribution in [1.82, 2.24) is 9.97 Å². The lowest BCUT2D eigenvalue weighted by Crippen LogP contribution is -2.27. The van der Waals surface area contributed by atoms with Crippen LogP contribution in [-0.2, 0) is 9.47 Å². The molecule has 2 atom stereocenters. The molecular formula is C23H25N5O4. The number of hydrogen-bond acceptors (Lipinski definition) is 8. The number of amides is 1. The van der Waals surface area contributed by atoms with Crippen LogP contribution in [0.5, 0.6) is 5.88 Å². The molecule has 0 unspecified atom stereocenters. The van der Waals surface area contributed by atoms with Crippen molar-refractivity contribution in [2.75, 3.05) is 42.7 Å². The molecule has 0 bridgehead atoms. The van der Waals surface area contributed by atoms with Crippen molar-refractivity contribution < 1.29 is 19.0 Å². The average molecular weight is 435 g/mol. The summed E-state index contributed by atoms with van der Waals surface area (Å²) in [4.78, 5) is 21.1. The van der Waals surface area contributed by atoms with E-state index < -0.39 is 6.09 Å². The predicted molar refractivity (Wildman–Crippen MR) is 122 cm³/mol. The molecule has 3 aromatic rings. The van der Waals surface area contributed by atoms with Crippen LogP contribution in [0, 0.1) is 12.8 Å². The summed E-state index contributed by atoms with van der Waals surface area (Å²) in [6, 6.07) is 5.71. The van der Waals surface area contributed by atoms with Crippen LogP contribution in [0.1, 0.15) is 12.5 Å². The van der Waals surface area contributed by atoms with Crippen LogP contribution in [0.4, 0.5) is 22.0 Å². The van der Waals surface area contributed by atoms with Crippen molar-refractivity contribution in [2.24, 2.45) is 5.92 Å². The van der Waals surface area contributed by atoms with E-state index in [1.165, 1.54) is 0 Å². The van der Waals surface area contributed by atoms with Crippen molar-refractivity contribution in [3.8, 4) is 17.0 Å². The van der Waals surface area contributed by atoms with E-state index in [9.17, 15) is 4.79 Å². The van der Waals surface area contributed by atoms with E-state index in [4.69, 9.17) is 19.9 Å². The number of hydrogen-bond donors (Lipinski definition) is 3. The summed E-state index contributed by atoms with van der Waals surface area (Å²) in [5, 5.41) is 7.71. The first-order valence-electron chi connectivity index (χ1n) is 10.6. The summed E-state index contributed by atoms with van der Waals surface area (Å²) in [5.74, 6) is 1.17. The second-order valence-corrected chi connectivity index (χ2v) is 8.19. The molecule has 166 valence electrons. The fourth-order valence-electron chi connectivity index (χ4n) is 4.09. The largest absolute Gasteiger partial charge is 0.474 e. The summed E-state index contributed by atoms with van der Waals surface area (Å²) in [5.41, 5.74) is 10.7. The van der Waals surface area contributed by atoms with Crippen molar-refractivity contribution in [3.05, 3.63) is 36.2 Å². The first-order valence-corrected chi connectivity index (χ1v) is 10.6. The number of nitrogens with zero attached hydrogens (tertiary/aromatic N) is 2. The smallest absolute Gasteiger partial charge is 0.413 e. The van der Waals surface area contributed by atoms with Gasteiger partial charge in [0.15, 0.2) is 0 Å². The molecule has 2 aliphatic rings. The first kappa shape index (κ1) is 20.3. The maximum absolute atomic E-state index is 12.3. The van der Waals surface area contributed by atoms with Crippen molar-refractivity contribution in [1.29, 1.82) is 0 Å².